The molecule has 1 aromatic carbocycles. The van der Waals surface area contributed by atoms with Gasteiger partial charge in [0.2, 0.25) is 11.8 Å². The molecule has 1 aliphatic carbocycles. The van der Waals surface area contributed by atoms with E-state index in [0.29, 0.717) is 31.1 Å². The van der Waals surface area contributed by atoms with Gasteiger partial charge in [-0.25, -0.2) is 4.90 Å². The third kappa shape index (κ3) is 3.19. The molecule has 3 atom stereocenters. The number of nitrogens with one attached hydrogen (secondary N) is 1. The zero-order chi connectivity index (χ0) is 17.3. The van der Waals surface area contributed by atoms with Crippen LogP contribution in [0.25, 0.3) is 0 Å². The maximum absolute atomic E-state index is 12.5. The van der Waals surface area contributed by atoms with Crippen LogP contribution in [0.3, 0.4) is 0 Å². The molecular formula is C18H22ClN2O3+. The Morgan fingerprint density at radius 1 is 1.21 bits per heavy atom. The summed E-state index contributed by atoms with van der Waals surface area (Å²) in [7, 11) is 3.58. The Morgan fingerprint density at radius 3 is 2.42 bits per heavy atom. The molecule has 0 radical (unpaired) electrons. The van der Waals surface area contributed by atoms with Crippen molar-refractivity contribution in [2.75, 3.05) is 20.8 Å². The maximum atomic E-state index is 12.5. The molecule has 0 bridgehead atoms. The number of allylic oxidation sites excluding steroid dienone is 2. The largest absolute Gasteiger partial charge is 0.496 e. The molecule has 1 saturated heterocycles. The summed E-state index contributed by atoms with van der Waals surface area (Å²) in [5.41, 5.74) is 0.959. The first-order valence-electron chi connectivity index (χ1n) is 8.15. The minimum Gasteiger partial charge on any atom is -0.496 e. The standard InChI is InChI=1S/C18H21ClN2O3/c1-20(10-12-9-13(19)7-8-16(12)24-2)11-21-17(22)14-5-3-4-6-15(14)18(21)23/h3-4,7-9,14-15H,5-6,10-11H2,1-2H3/p+1/t14-,15+. The van der Waals surface area contributed by atoms with Crippen molar-refractivity contribution in [3.05, 3.63) is 40.9 Å². The van der Waals surface area contributed by atoms with Gasteiger partial charge in [-0.2, -0.15) is 0 Å². The van der Waals surface area contributed by atoms with Gasteiger partial charge >= 0.3 is 0 Å². The first-order valence-corrected chi connectivity index (χ1v) is 8.53. The van der Waals surface area contributed by atoms with Crippen molar-refractivity contribution in [2.45, 2.75) is 19.4 Å². The van der Waals surface area contributed by atoms with Gasteiger partial charge in [0, 0.05) is 10.6 Å². The number of benzene rings is 1. The zero-order valence-electron chi connectivity index (χ0n) is 13.9. The summed E-state index contributed by atoms with van der Waals surface area (Å²) in [6.45, 7) is 0.981. The SMILES string of the molecule is COc1ccc(Cl)cc1C[NH+](C)CN1C(=O)[C@H]2CC=CC[C@H]2C1=O. The summed E-state index contributed by atoms with van der Waals surface area (Å²) in [6, 6.07) is 5.48. The Kier molecular flexibility index (Phi) is 4.92. The average molecular weight is 350 g/mol. The third-order valence-electron chi connectivity index (χ3n) is 4.76. The topological polar surface area (TPSA) is 51.1 Å². The van der Waals surface area contributed by atoms with E-state index >= 15 is 0 Å². The van der Waals surface area contributed by atoms with Crippen molar-refractivity contribution in [1.82, 2.24) is 4.90 Å². The van der Waals surface area contributed by atoms with E-state index in [-0.39, 0.29) is 23.7 Å². The van der Waals surface area contributed by atoms with Gasteiger partial charge in [-0.15, -0.1) is 0 Å². The Bertz CT molecular complexity index is 663. The number of likely N-dealkylation sites (tertiary alicyclic amines) is 1. The molecule has 1 heterocycles. The van der Waals surface area contributed by atoms with Crippen LogP contribution >= 0.6 is 11.6 Å². The van der Waals surface area contributed by atoms with Crippen molar-refractivity contribution >= 4 is 23.4 Å². The van der Waals surface area contributed by atoms with E-state index < -0.39 is 0 Å². The molecular weight excluding hydrogens is 328 g/mol. The highest BCUT2D eigenvalue weighted by atomic mass is 35.5. The summed E-state index contributed by atoms with van der Waals surface area (Å²) in [5.74, 6) is 0.348. The van der Waals surface area contributed by atoms with E-state index in [9.17, 15) is 9.59 Å². The molecule has 1 unspecified atom stereocenters. The fourth-order valence-electron chi connectivity index (χ4n) is 3.56. The van der Waals surface area contributed by atoms with E-state index in [1.54, 1.807) is 13.2 Å². The molecule has 1 fully saturated rings. The van der Waals surface area contributed by atoms with Gasteiger partial charge in [-0.1, -0.05) is 23.8 Å². The first-order chi connectivity index (χ1) is 11.5. The summed E-state index contributed by atoms with van der Waals surface area (Å²) in [4.78, 5) is 27.5. The van der Waals surface area contributed by atoms with Gasteiger partial charge in [0.25, 0.3) is 0 Å². The second-order valence-corrected chi connectivity index (χ2v) is 6.94. The number of halogens is 1. The Balaban J connectivity index is 1.69. The van der Waals surface area contributed by atoms with Crippen LogP contribution in [0.4, 0.5) is 0 Å². The lowest BCUT2D eigenvalue weighted by Gasteiger charge is -2.21. The van der Waals surface area contributed by atoms with E-state index in [0.717, 1.165) is 16.2 Å². The number of methoxy groups -OCH3 is 1. The predicted octanol–water partition coefficient (Wildman–Crippen LogP) is 1.27. The van der Waals surface area contributed by atoms with Crippen molar-refractivity contribution in [2.24, 2.45) is 11.8 Å². The first kappa shape index (κ1) is 17.0. The van der Waals surface area contributed by atoms with Gasteiger partial charge < -0.3 is 9.64 Å². The van der Waals surface area contributed by atoms with Crippen LogP contribution in [0.2, 0.25) is 5.02 Å². The van der Waals surface area contributed by atoms with Crippen molar-refractivity contribution in [3.8, 4) is 5.75 Å². The van der Waals surface area contributed by atoms with Crippen LogP contribution < -0.4 is 9.64 Å². The second-order valence-electron chi connectivity index (χ2n) is 6.51. The van der Waals surface area contributed by atoms with Gasteiger partial charge in [-0.3, -0.25) is 9.59 Å². The van der Waals surface area contributed by atoms with Crippen LogP contribution in [0.5, 0.6) is 5.75 Å². The number of nitrogens with zero attached hydrogens (tertiary/aromatic N) is 1. The lowest BCUT2D eigenvalue weighted by Crippen LogP contribution is -3.09. The predicted molar refractivity (Wildman–Crippen MR) is 90.7 cm³/mol. The van der Waals surface area contributed by atoms with Gasteiger partial charge in [0.1, 0.15) is 12.3 Å². The number of hydrogen-bond donors (Lipinski definition) is 1. The molecule has 2 aliphatic rings. The van der Waals surface area contributed by atoms with Gasteiger partial charge in [-0.05, 0) is 31.0 Å². The molecule has 128 valence electrons. The fourth-order valence-corrected chi connectivity index (χ4v) is 3.76. The quantitative estimate of drug-likeness (QED) is 0.643. The number of hydrogen-bond acceptors (Lipinski definition) is 3. The smallest absolute Gasteiger partial charge is 0.237 e. The lowest BCUT2D eigenvalue weighted by molar-refractivity contribution is -0.901. The summed E-state index contributed by atoms with van der Waals surface area (Å²) >= 11 is 6.07. The highest BCUT2D eigenvalue weighted by Gasteiger charge is 2.48. The van der Waals surface area contributed by atoms with Crippen molar-refractivity contribution in [3.63, 3.8) is 0 Å². The lowest BCUT2D eigenvalue weighted by atomic mass is 9.85. The van der Waals surface area contributed by atoms with Crippen LogP contribution in [0, 0.1) is 11.8 Å². The van der Waals surface area contributed by atoms with Crippen molar-refractivity contribution in [1.29, 1.82) is 0 Å². The molecule has 2 amide bonds. The monoisotopic (exact) mass is 349 g/mol. The number of amides is 2. The van der Waals surface area contributed by atoms with E-state index in [2.05, 4.69) is 0 Å². The van der Waals surface area contributed by atoms with Crippen molar-refractivity contribution < 1.29 is 19.2 Å². The number of carbonyl (C=O) groups is 2. The minimum atomic E-state index is -0.170. The molecule has 1 aromatic rings. The Labute approximate surface area is 146 Å². The number of quaternary nitrogens is 1. The van der Waals surface area contributed by atoms with E-state index in [1.807, 2.05) is 31.3 Å². The molecule has 6 heteroatoms. The molecule has 3 rings (SSSR count). The zero-order valence-corrected chi connectivity index (χ0v) is 14.7. The molecule has 5 nitrogen and oxygen atoms in total. The van der Waals surface area contributed by atoms with E-state index in [4.69, 9.17) is 16.3 Å². The van der Waals surface area contributed by atoms with Crippen LogP contribution in [0.1, 0.15) is 18.4 Å². The number of fused-ring (bicyclic) bond motifs is 1. The third-order valence-corrected chi connectivity index (χ3v) is 5.00. The number of imide groups is 1. The normalized spacial score (nSPS) is 24.2. The van der Waals surface area contributed by atoms with Crippen LogP contribution in [-0.2, 0) is 16.1 Å². The second kappa shape index (κ2) is 6.95. The molecule has 0 saturated carbocycles. The number of rotatable bonds is 5. The molecule has 0 aromatic heterocycles. The Morgan fingerprint density at radius 2 is 1.83 bits per heavy atom. The van der Waals surface area contributed by atoms with Gasteiger partial charge in [0.15, 0.2) is 6.67 Å². The van der Waals surface area contributed by atoms with Crippen LogP contribution in [-0.4, -0.2) is 37.5 Å². The molecule has 0 spiro atoms. The van der Waals surface area contributed by atoms with Crippen LogP contribution in [0.15, 0.2) is 30.4 Å². The summed E-state index contributed by atoms with van der Waals surface area (Å²) in [5, 5.41) is 0.643. The number of carbonyl (C=O) groups excluding carboxylic acids is 2. The van der Waals surface area contributed by atoms with Gasteiger partial charge in [0.05, 0.1) is 26.0 Å². The summed E-state index contributed by atoms with van der Waals surface area (Å²) < 4.78 is 5.36. The molecule has 1 aliphatic heterocycles. The maximum Gasteiger partial charge on any atom is 0.237 e. The minimum absolute atomic E-state index is 0.0354. The highest BCUT2D eigenvalue weighted by Crippen LogP contribution is 2.34. The van der Waals surface area contributed by atoms with E-state index in [1.165, 1.54) is 4.90 Å². The highest BCUT2D eigenvalue weighted by molar-refractivity contribution is 6.30. The fraction of sp³-hybridized carbons (Fsp3) is 0.444. The number of ether oxygens (including phenoxy) is 1. The molecule has 1 N–H and O–H groups in total. The average Bonchev–Trinajstić information content (AvgIpc) is 2.80. The Hall–Kier alpha value is -1.85. The summed E-state index contributed by atoms with van der Waals surface area (Å²) in [6.07, 6.45) is 5.35. The molecule has 24 heavy (non-hydrogen) atoms.